The minimum absolute atomic E-state index is 0.330. The lowest BCUT2D eigenvalue weighted by molar-refractivity contribution is 0.423. The van der Waals surface area contributed by atoms with Crippen LogP contribution in [0.2, 0.25) is 0 Å². The number of hydrogen-bond donors (Lipinski definition) is 1. The minimum Gasteiger partial charge on any atom is -0.312 e. The zero-order valence-corrected chi connectivity index (χ0v) is 13.0. The molecule has 0 aromatic heterocycles. The van der Waals surface area contributed by atoms with Crippen LogP contribution in [0.3, 0.4) is 0 Å². The SMILES string of the molecule is ClC1CCCCCC1NCC1CCCc2ccccc21. The Labute approximate surface area is 128 Å². The third-order valence-corrected chi connectivity index (χ3v) is 5.57. The van der Waals surface area contributed by atoms with E-state index in [1.165, 1.54) is 51.4 Å². The maximum atomic E-state index is 6.54. The van der Waals surface area contributed by atoms with Gasteiger partial charge in [-0.2, -0.15) is 0 Å². The highest BCUT2D eigenvalue weighted by Gasteiger charge is 2.24. The van der Waals surface area contributed by atoms with E-state index in [2.05, 4.69) is 29.6 Å². The van der Waals surface area contributed by atoms with Gasteiger partial charge in [-0.15, -0.1) is 11.6 Å². The topological polar surface area (TPSA) is 12.0 Å². The van der Waals surface area contributed by atoms with Crippen LogP contribution in [0.4, 0.5) is 0 Å². The van der Waals surface area contributed by atoms with E-state index in [9.17, 15) is 0 Å². The molecule has 0 aliphatic heterocycles. The predicted octanol–water partition coefficient (Wildman–Crippen LogP) is 4.64. The fraction of sp³-hybridized carbons (Fsp3) is 0.667. The van der Waals surface area contributed by atoms with Gasteiger partial charge in [0.2, 0.25) is 0 Å². The van der Waals surface area contributed by atoms with Crippen molar-refractivity contribution in [3.05, 3.63) is 35.4 Å². The summed E-state index contributed by atoms with van der Waals surface area (Å²) in [4.78, 5) is 0. The summed E-state index contributed by atoms with van der Waals surface area (Å²) in [5.74, 6) is 0.687. The third-order valence-electron chi connectivity index (χ3n) is 5.05. The van der Waals surface area contributed by atoms with Crippen LogP contribution in [0.15, 0.2) is 24.3 Å². The minimum atomic E-state index is 0.330. The van der Waals surface area contributed by atoms with E-state index in [1.54, 1.807) is 11.1 Å². The Hall–Kier alpha value is -0.530. The van der Waals surface area contributed by atoms with Gasteiger partial charge in [0.1, 0.15) is 0 Å². The second kappa shape index (κ2) is 6.95. The number of nitrogens with one attached hydrogen (secondary N) is 1. The van der Waals surface area contributed by atoms with Crippen LogP contribution in [0, 0.1) is 0 Å². The van der Waals surface area contributed by atoms with Crippen LogP contribution < -0.4 is 5.32 Å². The summed E-state index contributed by atoms with van der Waals surface area (Å²) in [5, 5.41) is 4.12. The van der Waals surface area contributed by atoms with Crippen molar-refractivity contribution in [1.29, 1.82) is 0 Å². The first-order chi connectivity index (χ1) is 9.84. The van der Waals surface area contributed by atoms with E-state index >= 15 is 0 Å². The molecule has 1 fully saturated rings. The second-order valence-electron chi connectivity index (χ2n) is 6.46. The highest BCUT2D eigenvalue weighted by atomic mass is 35.5. The monoisotopic (exact) mass is 291 g/mol. The zero-order chi connectivity index (χ0) is 13.8. The number of benzene rings is 1. The Morgan fingerprint density at radius 3 is 2.80 bits per heavy atom. The van der Waals surface area contributed by atoms with Gasteiger partial charge in [-0.3, -0.25) is 0 Å². The molecule has 1 saturated carbocycles. The Morgan fingerprint density at radius 2 is 1.85 bits per heavy atom. The van der Waals surface area contributed by atoms with Crippen molar-refractivity contribution < 1.29 is 0 Å². The Balaban J connectivity index is 1.61. The molecule has 1 aromatic carbocycles. The van der Waals surface area contributed by atoms with Crippen molar-refractivity contribution >= 4 is 11.6 Å². The smallest absolute Gasteiger partial charge is 0.0489 e. The molecule has 2 heteroatoms. The molecule has 3 rings (SSSR count). The van der Waals surface area contributed by atoms with Crippen molar-refractivity contribution in [2.45, 2.75) is 68.7 Å². The maximum Gasteiger partial charge on any atom is 0.0489 e. The summed E-state index contributed by atoms with van der Waals surface area (Å²) in [6.07, 6.45) is 10.3. The average molecular weight is 292 g/mol. The summed E-state index contributed by atoms with van der Waals surface area (Å²) in [5.41, 5.74) is 3.14. The van der Waals surface area contributed by atoms with Gasteiger partial charge in [0, 0.05) is 18.0 Å². The predicted molar refractivity (Wildman–Crippen MR) is 86.6 cm³/mol. The molecule has 0 bridgehead atoms. The molecule has 1 nitrogen and oxygen atoms in total. The largest absolute Gasteiger partial charge is 0.312 e. The number of aryl methyl sites for hydroxylation is 1. The summed E-state index contributed by atoms with van der Waals surface area (Å²) in [6, 6.07) is 9.51. The number of fused-ring (bicyclic) bond motifs is 1. The van der Waals surface area contributed by atoms with Gasteiger partial charge in [0.15, 0.2) is 0 Å². The van der Waals surface area contributed by atoms with Gasteiger partial charge < -0.3 is 5.32 Å². The molecular formula is C18H26ClN. The van der Waals surface area contributed by atoms with E-state index in [1.807, 2.05) is 0 Å². The van der Waals surface area contributed by atoms with E-state index in [0.717, 1.165) is 6.54 Å². The molecule has 0 saturated heterocycles. The molecule has 110 valence electrons. The Morgan fingerprint density at radius 1 is 1.00 bits per heavy atom. The molecule has 0 amide bonds. The number of rotatable bonds is 3. The van der Waals surface area contributed by atoms with Crippen LogP contribution >= 0.6 is 11.6 Å². The van der Waals surface area contributed by atoms with E-state index in [4.69, 9.17) is 11.6 Å². The molecular weight excluding hydrogens is 266 g/mol. The molecule has 0 radical (unpaired) electrons. The summed E-state index contributed by atoms with van der Waals surface area (Å²) >= 11 is 6.54. The standard InChI is InChI=1S/C18H26ClN/c19-17-11-2-1-3-12-18(17)20-13-15-9-6-8-14-7-4-5-10-16(14)15/h4-5,7,10,15,17-18,20H,1-3,6,8-9,11-13H2. The van der Waals surface area contributed by atoms with Crippen molar-refractivity contribution in [2.75, 3.05) is 6.54 Å². The van der Waals surface area contributed by atoms with Crippen molar-refractivity contribution in [1.82, 2.24) is 5.32 Å². The highest BCUT2D eigenvalue weighted by Crippen LogP contribution is 2.31. The lowest BCUT2D eigenvalue weighted by Crippen LogP contribution is -2.39. The highest BCUT2D eigenvalue weighted by molar-refractivity contribution is 6.21. The zero-order valence-electron chi connectivity index (χ0n) is 12.3. The van der Waals surface area contributed by atoms with Gasteiger partial charge in [0.05, 0.1) is 0 Å². The van der Waals surface area contributed by atoms with Gasteiger partial charge in [-0.05, 0) is 49.1 Å². The molecule has 3 atom stereocenters. The van der Waals surface area contributed by atoms with Crippen molar-refractivity contribution in [3.63, 3.8) is 0 Å². The van der Waals surface area contributed by atoms with Crippen LogP contribution in [0.1, 0.15) is 62.0 Å². The molecule has 0 spiro atoms. The Kier molecular flexibility index (Phi) is 5.01. The van der Waals surface area contributed by atoms with Gasteiger partial charge in [-0.1, -0.05) is 43.5 Å². The molecule has 2 aliphatic carbocycles. The Bertz CT molecular complexity index is 431. The van der Waals surface area contributed by atoms with Crippen molar-refractivity contribution in [3.8, 4) is 0 Å². The first-order valence-corrected chi connectivity index (χ1v) is 8.73. The maximum absolute atomic E-state index is 6.54. The molecule has 3 unspecified atom stereocenters. The van der Waals surface area contributed by atoms with E-state index in [-0.39, 0.29) is 0 Å². The third kappa shape index (κ3) is 3.38. The van der Waals surface area contributed by atoms with Crippen molar-refractivity contribution in [2.24, 2.45) is 0 Å². The van der Waals surface area contributed by atoms with Gasteiger partial charge >= 0.3 is 0 Å². The normalized spacial score (nSPS) is 30.6. The lowest BCUT2D eigenvalue weighted by atomic mass is 9.82. The van der Waals surface area contributed by atoms with Gasteiger partial charge in [0.25, 0.3) is 0 Å². The number of halogens is 1. The molecule has 1 N–H and O–H groups in total. The van der Waals surface area contributed by atoms with E-state index in [0.29, 0.717) is 17.3 Å². The lowest BCUT2D eigenvalue weighted by Gasteiger charge is -2.29. The van der Waals surface area contributed by atoms with Gasteiger partial charge in [-0.25, -0.2) is 0 Å². The van der Waals surface area contributed by atoms with Crippen LogP contribution in [-0.4, -0.2) is 18.0 Å². The summed E-state index contributed by atoms with van der Waals surface area (Å²) in [7, 11) is 0. The van der Waals surface area contributed by atoms with Crippen LogP contribution in [0.25, 0.3) is 0 Å². The average Bonchev–Trinajstić information content (AvgIpc) is 2.69. The molecule has 0 heterocycles. The van der Waals surface area contributed by atoms with Crippen LogP contribution in [-0.2, 0) is 6.42 Å². The molecule has 20 heavy (non-hydrogen) atoms. The second-order valence-corrected chi connectivity index (χ2v) is 7.02. The number of hydrogen-bond acceptors (Lipinski definition) is 1. The first-order valence-electron chi connectivity index (χ1n) is 8.30. The molecule has 2 aliphatic rings. The van der Waals surface area contributed by atoms with E-state index < -0.39 is 0 Å². The fourth-order valence-electron chi connectivity index (χ4n) is 3.85. The quantitative estimate of drug-likeness (QED) is 0.632. The van der Waals surface area contributed by atoms with Crippen LogP contribution in [0.5, 0.6) is 0 Å². The molecule has 1 aromatic rings. The number of alkyl halides is 1. The fourth-order valence-corrected chi connectivity index (χ4v) is 4.22. The summed E-state index contributed by atoms with van der Waals surface area (Å²) < 4.78 is 0. The summed E-state index contributed by atoms with van der Waals surface area (Å²) in [6.45, 7) is 1.10. The first kappa shape index (κ1) is 14.4.